The van der Waals surface area contributed by atoms with Crippen molar-refractivity contribution in [3.8, 4) is 6.07 Å². The monoisotopic (exact) mass is 385 g/mol. The lowest BCUT2D eigenvalue weighted by Crippen LogP contribution is -2.30. The molecule has 2 heterocycles. The highest BCUT2D eigenvalue weighted by molar-refractivity contribution is 7.88. The zero-order valence-electron chi connectivity index (χ0n) is 15.0. The fourth-order valence-corrected chi connectivity index (χ4v) is 3.73. The minimum Gasteiger partial charge on any atom is -0.460 e. The van der Waals surface area contributed by atoms with Crippen LogP contribution in [0.4, 0.5) is 5.69 Å². The third-order valence-corrected chi connectivity index (χ3v) is 5.58. The van der Waals surface area contributed by atoms with E-state index in [-0.39, 0.29) is 25.4 Å². The molecular weight excluding hydrogens is 366 g/mol. The number of fused-ring (bicyclic) bond motifs is 1. The van der Waals surface area contributed by atoms with E-state index in [0.717, 1.165) is 17.5 Å². The Morgan fingerprint density at radius 3 is 2.70 bits per heavy atom. The van der Waals surface area contributed by atoms with Gasteiger partial charge in [-0.15, -0.1) is 0 Å². The van der Waals surface area contributed by atoms with E-state index in [1.54, 1.807) is 30.2 Å². The maximum absolute atomic E-state index is 12.5. The summed E-state index contributed by atoms with van der Waals surface area (Å²) in [4.78, 5) is 14.1. The zero-order chi connectivity index (χ0) is 19.6. The van der Waals surface area contributed by atoms with Gasteiger partial charge in [-0.1, -0.05) is 18.2 Å². The molecule has 140 valence electrons. The standard InChI is InChI=1S/C19H19N3O4S/c1-21-18-7-4-3-6-16(18)17(19(21)23)12-14-8-9-15(26-14)13-22(11-5-10-20)27(2,24)25/h3-4,6-9,12H,5,11,13H2,1-2H3. The summed E-state index contributed by atoms with van der Waals surface area (Å²) < 4.78 is 30.6. The van der Waals surface area contributed by atoms with E-state index in [4.69, 9.17) is 9.68 Å². The fourth-order valence-electron chi connectivity index (χ4n) is 2.95. The minimum atomic E-state index is -3.46. The van der Waals surface area contributed by atoms with Crippen LogP contribution < -0.4 is 4.90 Å². The third-order valence-electron chi connectivity index (χ3n) is 4.33. The molecule has 3 rings (SSSR count). The maximum atomic E-state index is 12.5. The summed E-state index contributed by atoms with van der Waals surface area (Å²) in [5.41, 5.74) is 2.19. The van der Waals surface area contributed by atoms with Crippen molar-refractivity contribution < 1.29 is 17.6 Å². The van der Waals surface area contributed by atoms with Crippen LogP contribution in [0.25, 0.3) is 11.6 Å². The number of hydrogen-bond acceptors (Lipinski definition) is 5. The first kappa shape index (κ1) is 18.9. The topological polar surface area (TPSA) is 94.6 Å². The predicted octanol–water partition coefficient (Wildman–Crippen LogP) is 2.47. The Bertz CT molecular complexity index is 1050. The number of rotatable bonds is 6. The van der Waals surface area contributed by atoms with E-state index in [9.17, 15) is 13.2 Å². The van der Waals surface area contributed by atoms with Crippen molar-refractivity contribution in [1.29, 1.82) is 5.26 Å². The van der Waals surface area contributed by atoms with Gasteiger partial charge in [0.2, 0.25) is 10.0 Å². The van der Waals surface area contributed by atoms with Gasteiger partial charge in [-0.25, -0.2) is 8.42 Å². The number of nitriles is 1. The van der Waals surface area contributed by atoms with Crippen molar-refractivity contribution in [2.45, 2.75) is 13.0 Å². The maximum Gasteiger partial charge on any atom is 0.258 e. The smallest absolute Gasteiger partial charge is 0.258 e. The molecule has 0 unspecified atom stereocenters. The lowest BCUT2D eigenvalue weighted by atomic mass is 10.1. The van der Waals surface area contributed by atoms with E-state index in [2.05, 4.69) is 0 Å². The molecule has 8 heteroatoms. The number of anilines is 1. The van der Waals surface area contributed by atoms with Crippen molar-refractivity contribution in [3.63, 3.8) is 0 Å². The van der Waals surface area contributed by atoms with Gasteiger partial charge in [0.05, 0.1) is 30.1 Å². The second-order valence-electron chi connectivity index (χ2n) is 6.25. The van der Waals surface area contributed by atoms with E-state index in [1.165, 1.54) is 4.31 Å². The predicted molar refractivity (Wildman–Crippen MR) is 102 cm³/mol. The summed E-state index contributed by atoms with van der Waals surface area (Å²) in [7, 11) is -1.74. The molecule has 2 aromatic rings. The Balaban J connectivity index is 1.85. The molecule has 0 radical (unpaired) electrons. The molecule has 27 heavy (non-hydrogen) atoms. The summed E-state index contributed by atoms with van der Waals surface area (Å²) in [6.07, 6.45) is 2.86. The average Bonchev–Trinajstić information content (AvgIpc) is 3.16. The second kappa shape index (κ2) is 7.39. The summed E-state index contributed by atoms with van der Waals surface area (Å²) in [6, 6.07) is 12.8. The first-order valence-corrected chi connectivity index (χ1v) is 10.2. The van der Waals surface area contributed by atoms with Gasteiger partial charge in [-0.05, 0) is 24.3 Å². The van der Waals surface area contributed by atoms with E-state index < -0.39 is 10.0 Å². The molecule has 0 bridgehead atoms. The van der Waals surface area contributed by atoms with Crippen LogP contribution in [-0.4, -0.2) is 38.5 Å². The van der Waals surface area contributed by atoms with E-state index in [0.29, 0.717) is 17.1 Å². The molecule has 0 fully saturated rings. The van der Waals surface area contributed by atoms with Gasteiger partial charge >= 0.3 is 0 Å². The molecule has 7 nitrogen and oxygen atoms in total. The van der Waals surface area contributed by atoms with Gasteiger partial charge in [-0.2, -0.15) is 9.57 Å². The Morgan fingerprint density at radius 1 is 1.26 bits per heavy atom. The number of hydrogen-bond donors (Lipinski definition) is 0. The lowest BCUT2D eigenvalue weighted by molar-refractivity contribution is -0.112. The van der Waals surface area contributed by atoms with Crippen molar-refractivity contribution in [3.05, 3.63) is 53.5 Å². The summed E-state index contributed by atoms with van der Waals surface area (Å²) in [5, 5.41) is 8.70. The molecule has 1 aliphatic heterocycles. The van der Waals surface area contributed by atoms with Crippen molar-refractivity contribution in [1.82, 2.24) is 4.31 Å². The normalized spacial score (nSPS) is 15.4. The number of likely N-dealkylation sites (N-methyl/N-ethyl adjacent to an activating group) is 1. The third kappa shape index (κ3) is 3.94. The van der Waals surface area contributed by atoms with Gasteiger partial charge < -0.3 is 9.32 Å². The van der Waals surface area contributed by atoms with Crippen LogP contribution in [0.5, 0.6) is 0 Å². The number of furan rings is 1. The van der Waals surface area contributed by atoms with Gasteiger partial charge in [0.15, 0.2) is 0 Å². The van der Waals surface area contributed by atoms with E-state index >= 15 is 0 Å². The Kier molecular flexibility index (Phi) is 5.17. The molecule has 1 aromatic heterocycles. The molecule has 1 aromatic carbocycles. The van der Waals surface area contributed by atoms with Crippen molar-refractivity contribution in [2.75, 3.05) is 24.7 Å². The molecule has 1 aliphatic rings. The Labute approximate surface area is 158 Å². The highest BCUT2D eigenvalue weighted by Crippen LogP contribution is 2.36. The number of benzene rings is 1. The summed E-state index contributed by atoms with van der Waals surface area (Å²) >= 11 is 0. The van der Waals surface area contributed by atoms with Gasteiger partial charge in [0.25, 0.3) is 5.91 Å². The SMILES string of the molecule is CN1C(=O)C(=Cc2ccc(CN(CCC#N)S(C)(=O)=O)o2)c2ccccc21. The van der Waals surface area contributed by atoms with Crippen LogP contribution in [0, 0.1) is 11.3 Å². The molecule has 0 spiro atoms. The molecule has 0 aliphatic carbocycles. The van der Waals surface area contributed by atoms with Crippen LogP contribution in [0.2, 0.25) is 0 Å². The summed E-state index contributed by atoms with van der Waals surface area (Å²) in [5.74, 6) is 0.783. The van der Waals surface area contributed by atoms with Gasteiger partial charge in [-0.3, -0.25) is 4.79 Å². The number of carbonyl (C=O) groups excluding carboxylic acids is 1. The number of amides is 1. The molecule has 0 saturated heterocycles. The van der Waals surface area contributed by atoms with E-state index in [1.807, 2.05) is 30.3 Å². The van der Waals surface area contributed by atoms with Crippen LogP contribution in [-0.2, 0) is 21.4 Å². The zero-order valence-corrected chi connectivity index (χ0v) is 15.9. The van der Waals surface area contributed by atoms with Crippen LogP contribution in [0.15, 0.2) is 40.8 Å². The van der Waals surface area contributed by atoms with Gasteiger partial charge in [0, 0.05) is 25.6 Å². The largest absolute Gasteiger partial charge is 0.460 e. The lowest BCUT2D eigenvalue weighted by Gasteiger charge is -2.16. The molecule has 0 atom stereocenters. The first-order valence-electron chi connectivity index (χ1n) is 8.31. The van der Waals surface area contributed by atoms with Gasteiger partial charge in [0.1, 0.15) is 11.5 Å². The van der Waals surface area contributed by atoms with Crippen LogP contribution in [0.1, 0.15) is 23.5 Å². The van der Waals surface area contributed by atoms with Crippen molar-refractivity contribution >= 4 is 33.3 Å². The summed E-state index contributed by atoms with van der Waals surface area (Å²) in [6.45, 7) is 0.136. The Hall–Kier alpha value is -2.89. The second-order valence-corrected chi connectivity index (χ2v) is 8.23. The highest BCUT2D eigenvalue weighted by Gasteiger charge is 2.29. The first-order chi connectivity index (χ1) is 12.8. The minimum absolute atomic E-state index is 0.0358. The number of para-hydroxylation sites is 1. The van der Waals surface area contributed by atoms with Crippen LogP contribution in [0.3, 0.4) is 0 Å². The quantitative estimate of drug-likeness (QED) is 0.712. The molecule has 0 N–H and O–H groups in total. The van der Waals surface area contributed by atoms with Crippen LogP contribution >= 0.6 is 0 Å². The average molecular weight is 385 g/mol. The Morgan fingerprint density at radius 2 is 2.00 bits per heavy atom. The molecular formula is C19H19N3O4S. The highest BCUT2D eigenvalue weighted by atomic mass is 32.2. The number of sulfonamides is 1. The fraction of sp³-hybridized carbons (Fsp3) is 0.263. The van der Waals surface area contributed by atoms with Crippen molar-refractivity contribution in [2.24, 2.45) is 0 Å². The number of carbonyl (C=O) groups is 1. The molecule has 0 saturated carbocycles. The molecule has 1 amide bonds. The number of nitrogens with zero attached hydrogens (tertiary/aromatic N) is 3.